The first kappa shape index (κ1) is 10.5. The van der Waals surface area contributed by atoms with E-state index in [0.717, 1.165) is 0 Å². The van der Waals surface area contributed by atoms with Gasteiger partial charge in [0.2, 0.25) is 5.65 Å². The van der Waals surface area contributed by atoms with E-state index in [9.17, 15) is 13.2 Å². The Morgan fingerprint density at radius 3 is 2.88 bits per heavy atom. The van der Waals surface area contributed by atoms with Gasteiger partial charge in [-0.3, -0.25) is 4.40 Å². The van der Waals surface area contributed by atoms with Gasteiger partial charge < -0.3 is 10.5 Å². The van der Waals surface area contributed by atoms with Crippen LogP contribution < -0.4 is 10.5 Å². The molecule has 0 saturated heterocycles. The summed E-state index contributed by atoms with van der Waals surface area (Å²) in [7, 11) is 0. The molecule has 0 aliphatic heterocycles. The first-order chi connectivity index (χ1) is 7.46. The van der Waals surface area contributed by atoms with E-state index < -0.39 is 12.8 Å². The number of aromatic nitrogens is 3. The second kappa shape index (κ2) is 3.54. The van der Waals surface area contributed by atoms with E-state index >= 15 is 0 Å². The summed E-state index contributed by atoms with van der Waals surface area (Å²) in [6, 6.07) is 0. The van der Waals surface area contributed by atoms with Crippen LogP contribution in [0.3, 0.4) is 0 Å². The van der Waals surface area contributed by atoms with Gasteiger partial charge in [0.05, 0.1) is 6.20 Å². The lowest BCUT2D eigenvalue weighted by molar-refractivity contribution is -0.153. The van der Waals surface area contributed by atoms with E-state index in [2.05, 4.69) is 14.7 Å². The lowest BCUT2D eigenvalue weighted by atomic mass is 10.6. The third-order valence-corrected chi connectivity index (χ3v) is 1.73. The second-order valence-corrected chi connectivity index (χ2v) is 3.03. The summed E-state index contributed by atoms with van der Waals surface area (Å²) in [6.07, 6.45) is -0.0383. The summed E-state index contributed by atoms with van der Waals surface area (Å²) in [5, 5.41) is 0. The molecule has 0 fully saturated rings. The lowest BCUT2D eigenvalue weighted by Crippen LogP contribution is -2.20. The summed E-state index contributed by atoms with van der Waals surface area (Å²) < 4.78 is 41.8. The third kappa shape index (κ3) is 2.15. The Labute approximate surface area is 87.7 Å². The quantitative estimate of drug-likeness (QED) is 0.846. The number of nitrogens with two attached hydrogens (primary N) is 1. The molecule has 8 heteroatoms. The number of halogens is 3. The zero-order valence-corrected chi connectivity index (χ0v) is 7.90. The van der Waals surface area contributed by atoms with Crippen molar-refractivity contribution in [1.82, 2.24) is 14.4 Å². The summed E-state index contributed by atoms with van der Waals surface area (Å²) in [4.78, 5) is 7.46. The van der Waals surface area contributed by atoms with Gasteiger partial charge >= 0.3 is 6.18 Å². The molecule has 0 spiro atoms. The molecule has 16 heavy (non-hydrogen) atoms. The minimum Gasteiger partial charge on any atom is -0.465 e. The molecule has 5 nitrogen and oxygen atoms in total. The molecule has 0 aliphatic carbocycles. The van der Waals surface area contributed by atoms with E-state index in [1.165, 1.54) is 23.0 Å². The van der Waals surface area contributed by atoms with Crippen LogP contribution in [0.1, 0.15) is 0 Å². The van der Waals surface area contributed by atoms with Crippen molar-refractivity contribution >= 4 is 11.5 Å². The Balaban J connectivity index is 2.32. The van der Waals surface area contributed by atoms with Crippen molar-refractivity contribution < 1.29 is 17.9 Å². The van der Waals surface area contributed by atoms with E-state index in [1.54, 1.807) is 0 Å². The number of fused-ring (bicyclic) bond motifs is 1. The number of anilines is 1. The van der Waals surface area contributed by atoms with Crippen LogP contribution in [0.2, 0.25) is 0 Å². The number of rotatable bonds is 2. The van der Waals surface area contributed by atoms with Crippen LogP contribution in [0.15, 0.2) is 18.6 Å². The van der Waals surface area contributed by atoms with Crippen molar-refractivity contribution in [3.8, 4) is 5.88 Å². The molecular weight excluding hydrogens is 225 g/mol. The van der Waals surface area contributed by atoms with Crippen LogP contribution in [0.5, 0.6) is 5.88 Å². The number of hydrogen-bond donors (Lipinski definition) is 1. The average molecular weight is 232 g/mol. The minimum absolute atomic E-state index is 0.0580. The predicted molar refractivity (Wildman–Crippen MR) is 48.9 cm³/mol. The predicted octanol–water partition coefficient (Wildman–Crippen LogP) is 1.25. The molecule has 2 heterocycles. The number of ether oxygens (including phenoxy) is 1. The lowest BCUT2D eigenvalue weighted by Gasteiger charge is -2.09. The van der Waals surface area contributed by atoms with Crippen LogP contribution in [0.4, 0.5) is 19.0 Å². The molecule has 0 saturated carbocycles. The normalized spacial score (nSPS) is 11.9. The average Bonchev–Trinajstić information content (AvgIpc) is 2.60. The first-order valence-electron chi connectivity index (χ1n) is 4.24. The van der Waals surface area contributed by atoms with E-state index in [4.69, 9.17) is 5.73 Å². The highest BCUT2D eigenvalue weighted by atomic mass is 19.4. The molecular formula is C8H7F3N4O. The molecule has 2 aromatic rings. The smallest absolute Gasteiger partial charge is 0.422 e. The maximum absolute atomic E-state index is 12.0. The van der Waals surface area contributed by atoms with E-state index in [1.807, 2.05) is 0 Å². The van der Waals surface area contributed by atoms with Crippen LogP contribution >= 0.6 is 0 Å². The van der Waals surface area contributed by atoms with Gasteiger partial charge in [-0.25, -0.2) is 4.98 Å². The van der Waals surface area contributed by atoms with Crippen molar-refractivity contribution in [2.75, 3.05) is 12.3 Å². The van der Waals surface area contributed by atoms with Crippen molar-refractivity contribution in [2.24, 2.45) is 0 Å². The van der Waals surface area contributed by atoms with Gasteiger partial charge in [-0.2, -0.15) is 18.2 Å². The number of alkyl halides is 3. The number of imidazole rings is 1. The zero-order valence-electron chi connectivity index (χ0n) is 7.90. The van der Waals surface area contributed by atoms with Gasteiger partial charge in [-0.15, -0.1) is 0 Å². The topological polar surface area (TPSA) is 65.4 Å². The fraction of sp³-hybridized carbons (Fsp3) is 0.250. The van der Waals surface area contributed by atoms with Gasteiger partial charge in [-0.05, 0) is 0 Å². The van der Waals surface area contributed by atoms with Gasteiger partial charge in [0.15, 0.2) is 6.61 Å². The standard InChI is InChI=1S/C8H7F3N4O/c9-8(10,11)4-16-7-6-13-1-2-15(6)3-5(12)14-7/h1-3H,4,12H2. The number of hydrogen-bond acceptors (Lipinski definition) is 4. The van der Waals surface area contributed by atoms with Gasteiger partial charge in [0.25, 0.3) is 5.88 Å². The Bertz CT molecular complexity index is 507. The summed E-state index contributed by atoms with van der Waals surface area (Å²) >= 11 is 0. The summed E-state index contributed by atoms with van der Waals surface area (Å²) in [5.41, 5.74) is 5.60. The molecule has 0 atom stereocenters. The maximum atomic E-state index is 12.0. The van der Waals surface area contributed by atoms with Crippen molar-refractivity contribution in [1.29, 1.82) is 0 Å². The summed E-state index contributed by atoms with van der Waals surface area (Å²) in [5.74, 6) is -0.176. The maximum Gasteiger partial charge on any atom is 0.422 e. The van der Waals surface area contributed by atoms with Crippen LogP contribution in [0, 0.1) is 0 Å². The molecule has 2 rings (SSSR count). The second-order valence-electron chi connectivity index (χ2n) is 3.03. The molecule has 0 radical (unpaired) electrons. The minimum atomic E-state index is -4.42. The molecule has 0 unspecified atom stereocenters. The highest BCUT2D eigenvalue weighted by molar-refractivity contribution is 5.52. The Morgan fingerprint density at radius 2 is 2.19 bits per heavy atom. The number of nitrogen functional groups attached to an aromatic ring is 1. The van der Waals surface area contributed by atoms with Crippen LogP contribution in [-0.2, 0) is 0 Å². The Morgan fingerprint density at radius 1 is 1.44 bits per heavy atom. The molecule has 0 amide bonds. The largest absolute Gasteiger partial charge is 0.465 e. The summed E-state index contributed by atoms with van der Waals surface area (Å²) in [6.45, 7) is -1.42. The van der Waals surface area contributed by atoms with Gasteiger partial charge in [0, 0.05) is 12.4 Å². The third-order valence-electron chi connectivity index (χ3n) is 1.73. The number of nitrogens with zero attached hydrogens (tertiary/aromatic N) is 3. The highest BCUT2D eigenvalue weighted by Crippen LogP contribution is 2.21. The van der Waals surface area contributed by atoms with E-state index in [0.29, 0.717) is 0 Å². The van der Waals surface area contributed by atoms with Crippen LogP contribution in [-0.4, -0.2) is 27.2 Å². The SMILES string of the molecule is Nc1cn2ccnc2c(OCC(F)(F)F)n1. The molecule has 0 aliphatic rings. The van der Waals surface area contributed by atoms with Crippen molar-refractivity contribution in [3.05, 3.63) is 18.6 Å². The Kier molecular flexibility index (Phi) is 2.33. The fourth-order valence-corrected chi connectivity index (χ4v) is 1.17. The van der Waals surface area contributed by atoms with E-state index in [-0.39, 0.29) is 17.3 Å². The van der Waals surface area contributed by atoms with Gasteiger partial charge in [-0.1, -0.05) is 0 Å². The highest BCUT2D eigenvalue weighted by Gasteiger charge is 2.29. The van der Waals surface area contributed by atoms with Crippen molar-refractivity contribution in [3.63, 3.8) is 0 Å². The van der Waals surface area contributed by atoms with Gasteiger partial charge in [0.1, 0.15) is 5.82 Å². The zero-order chi connectivity index (χ0) is 11.8. The van der Waals surface area contributed by atoms with Crippen molar-refractivity contribution in [2.45, 2.75) is 6.18 Å². The van der Waals surface area contributed by atoms with Crippen LogP contribution in [0.25, 0.3) is 5.65 Å². The molecule has 0 aromatic carbocycles. The molecule has 86 valence electrons. The molecule has 2 aromatic heterocycles. The molecule has 2 N–H and O–H groups in total. The monoisotopic (exact) mass is 232 g/mol. The Hall–Kier alpha value is -1.99. The first-order valence-corrected chi connectivity index (χ1v) is 4.24. The molecule has 0 bridgehead atoms. The fourth-order valence-electron chi connectivity index (χ4n) is 1.17.